The van der Waals surface area contributed by atoms with E-state index < -0.39 is 0 Å². The van der Waals surface area contributed by atoms with Gasteiger partial charge in [0.1, 0.15) is 5.82 Å². The monoisotopic (exact) mass is 282 g/mol. The fourth-order valence-corrected chi connectivity index (χ4v) is 2.90. The Morgan fingerprint density at radius 3 is 2.24 bits per heavy atom. The lowest BCUT2D eigenvalue weighted by Crippen LogP contribution is -2.29. The van der Waals surface area contributed by atoms with Crippen LogP contribution in [0.15, 0.2) is 36.5 Å². The van der Waals surface area contributed by atoms with Gasteiger partial charge in [-0.3, -0.25) is 4.79 Å². The molecule has 0 aliphatic heterocycles. The van der Waals surface area contributed by atoms with E-state index in [9.17, 15) is 4.79 Å². The Labute approximate surface area is 126 Å². The maximum atomic E-state index is 11.6. The predicted molar refractivity (Wildman–Crippen MR) is 84.6 cm³/mol. The van der Waals surface area contributed by atoms with E-state index in [4.69, 9.17) is 0 Å². The molecule has 2 rings (SSSR count). The Hall–Kier alpha value is -2.03. The van der Waals surface area contributed by atoms with Crippen LogP contribution in [0, 0.1) is 6.92 Å². The molecular formula is C18H22N2O. The SMILES string of the molecule is CCC(CC)(c1ccccc1)c1ncc(C(C)=O)c(C)n1. The number of aromatic nitrogens is 2. The maximum Gasteiger partial charge on any atom is 0.163 e. The molecule has 0 fully saturated rings. The van der Waals surface area contributed by atoms with Crippen LogP contribution in [0.3, 0.4) is 0 Å². The number of aryl methyl sites for hydroxylation is 1. The molecular weight excluding hydrogens is 260 g/mol. The zero-order valence-corrected chi connectivity index (χ0v) is 13.2. The first-order valence-corrected chi connectivity index (χ1v) is 7.45. The van der Waals surface area contributed by atoms with E-state index in [1.165, 1.54) is 5.56 Å². The van der Waals surface area contributed by atoms with E-state index in [0.717, 1.165) is 24.4 Å². The number of ketones is 1. The second-order valence-corrected chi connectivity index (χ2v) is 5.40. The third kappa shape index (κ3) is 2.73. The van der Waals surface area contributed by atoms with Crippen LogP contribution in [0.2, 0.25) is 0 Å². The summed E-state index contributed by atoms with van der Waals surface area (Å²) in [6, 6.07) is 10.4. The summed E-state index contributed by atoms with van der Waals surface area (Å²) in [7, 11) is 0. The van der Waals surface area contributed by atoms with Crippen molar-refractivity contribution in [2.45, 2.75) is 46.0 Å². The van der Waals surface area contributed by atoms with Crippen molar-refractivity contribution in [3.8, 4) is 0 Å². The van der Waals surface area contributed by atoms with Gasteiger partial charge in [0.15, 0.2) is 5.78 Å². The second kappa shape index (κ2) is 6.17. The first-order chi connectivity index (χ1) is 10.0. The van der Waals surface area contributed by atoms with Gasteiger partial charge < -0.3 is 0 Å². The molecule has 0 saturated heterocycles. The second-order valence-electron chi connectivity index (χ2n) is 5.40. The van der Waals surface area contributed by atoms with Crippen molar-refractivity contribution in [3.05, 3.63) is 59.2 Å². The molecule has 0 N–H and O–H groups in total. The standard InChI is InChI=1S/C18H22N2O/c1-5-18(6-2,15-10-8-7-9-11-15)17-19-12-16(14(4)21)13(3)20-17/h7-12H,5-6H2,1-4H3. The molecule has 0 amide bonds. The molecule has 1 aromatic heterocycles. The van der Waals surface area contributed by atoms with E-state index >= 15 is 0 Å². The van der Waals surface area contributed by atoms with Crippen LogP contribution in [-0.2, 0) is 5.41 Å². The molecule has 0 unspecified atom stereocenters. The summed E-state index contributed by atoms with van der Waals surface area (Å²) in [5.41, 5.74) is 2.40. The van der Waals surface area contributed by atoms with E-state index in [2.05, 4.69) is 35.9 Å². The van der Waals surface area contributed by atoms with E-state index in [0.29, 0.717) is 5.56 Å². The lowest BCUT2D eigenvalue weighted by molar-refractivity contribution is 0.101. The molecule has 0 saturated carbocycles. The Morgan fingerprint density at radius 2 is 1.76 bits per heavy atom. The highest BCUT2D eigenvalue weighted by Gasteiger charge is 2.33. The first-order valence-electron chi connectivity index (χ1n) is 7.45. The summed E-state index contributed by atoms with van der Waals surface area (Å²) >= 11 is 0. The number of nitrogens with zero attached hydrogens (tertiary/aromatic N) is 2. The van der Waals surface area contributed by atoms with Crippen molar-refractivity contribution >= 4 is 5.78 Å². The third-order valence-corrected chi connectivity index (χ3v) is 4.32. The van der Waals surface area contributed by atoms with Gasteiger partial charge in [-0.15, -0.1) is 0 Å². The fraction of sp³-hybridized carbons (Fsp3) is 0.389. The van der Waals surface area contributed by atoms with E-state index in [1.807, 2.05) is 25.1 Å². The zero-order valence-electron chi connectivity index (χ0n) is 13.2. The lowest BCUT2D eigenvalue weighted by atomic mass is 9.75. The van der Waals surface area contributed by atoms with Crippen molar-refractivity contribution in [3.63, 3.8) is 0 Å². The van der Waals surface area contributed by atoms with Gasteiger partial charge in [-0.25, -0.2) is 9.97 Å². The minimum atomic E-state index is -0.193. The van der Waals surface area contributed by atoms with Crippen molar-refractivity contribution < 1.29 is 4.79 Å². The summed E-state index contributed by atoms with van der Waals surface area (Å²) in [4.78, 5) is 20.7. The van der Waals surface area contributed by atoms with Gasteiger partial charge >= 0.3 is 0 Å². The smallest absolute Gasteiger partial charge is 0.163 e. The number of carbonyl (C=O) groups is 1. The molecule has 0 bridgehead atoms. The summed E-state index contributed by atoms with van der Waals surface area (Å²) < 4.78 is 0. The zero-order chi connectivity index (χ0) is 15.5. The highest BCUT2D eigenvalue weighted by molar-refractivity contribution is 5.94. The first kappa shape index (κ1) is 15.4. The molecule has 21 heavy (non-hydrogen) atoms. The average Bonchev–Trinajstić information content (AvgIpc) is 2.50. The number of hydrogen-bond acceptors (Lipinski definition) is 3. The highest BCUT2D eigenvalue weighted by Crippen LogP contribution is 2.36. The molecule has 2 aromatic rings. The van der Waals surface area contributed by atoms with Crippen LogP contribution in [0.1, 0.15) is 61.1 Å². The molecule has 1 aromatic carbocycles. The van der Waals surface area contributed by atoms with Gasteiger partial charge in [0.25, 0.3) is 0 Å². The van der Waals surface area contributed by atoms with Crippen molar-refractivity contribution in [2.24, 2.45) is 0 Å². The van der Waals surface area contributed by atoms with Gasteiger partial charge in [-0.1, -0.05) is 44.2 Å². The molecule has 1 heterocycles. The molecule has 0 aliphatic carbocycles. The van der Waals surface area contributed by atoms with E-state index in [1.54, 1.807) is 13.1 Å². The third-order valence-electron chi connectivity index (χ3n) is 4.32. The topological polar surface area (TPSA) is 42.9 Å². The molecule has 0 radical (unpaired) electrons. The molecule has 0 aliphatic rings. The number of hydrogen-bond donors (Lipinski definition) is 0. The summed E-state index contributed by atoms with van der Waals surface area (Å²) in [6.07, 6.45) is 3.52. The number of rotatable bonds is 5. The largest absolute Gasteiger partial charge is 0.294 e. The van der Waals surface area contributed by atoms with Crippen LogP contribution in [0.4, 0.5) is 0 Å². The number of carbonyl (C=O) groups excluding carboxylic acids is 1. The van der Waals surface area contributed by atoms with Crippen molar-refractivity contribution in [1.82, 2.24) is 9.97 Å². The molecule has 3 nitrogen and oxygen atoms in total. The average molecular weight is 282 g/mol. The van der Waals surface area contributed by atoms with Gasteiger partial charge in [-0.2, -0.15) is 0 Å². The Balaban J connectivity index is 2.59. The minimum absolute atomic E-state index is 0.0114. The van der Waals surface area contributed by atoms with Gasteiger partial charge in [0.05, 0.1) is 16.7 Å². The Morgan fingerprint density at radius 1 is 1.14 bits per heavy atom. The fourth-order valence-electron chi connectivity index (χ4n) is 2.90. The predicted octanol–water partition coefficient (Wildman–Crippen LogP) is 4.09. The summed E-state index contributed by atoms with van der Waals surface area (Å²) in [6.45, 7) is 7.75. The van der Waals surface area contributed by atoms with Crippen molar-refractivity contribution in [2.75, 3.05) is 0 Å². The molecule has 110 valence electrons. The quantitative estimate of drug-likeness (QED) is 0.776. The number of benzene rings is 1. The van der Waals surface area contributed by atoms with Gasteiger partial charge in [-0.05, 0) is 32.3 Å². The van der Waals surface area contributed by atoms with Crippen LogP contribution in [0.5, 0.6) is 0 Å². The van der Waals surface area contributed by atoms with E-state index in [-0.39, 0.29) is 11.2 Å². The highest BCUT2D eigenvalue weighted by atomic mass is 16.1. The normalized spacial score (nSPS) is 11.4. The van der Waals surface area contributed by atoms with Crippen molar-refractivity contribution in [1.29, 1.82) is 0 Å². The maximum absolute atomic E-state index is 11.6. The van der Waals surface area contributed by atoms with Gasteiger partial charge in [0.2, 0.25) is 0 Å². The summed E-state index contributed by atoms with van der Waals surface area (Å²) in [5.74, 6) is 0.818. The molecule has 0 spiro atoms. The Bertz CT molecular complexity index is 631. The summed E-state index contributed by atoms with van der Waals surface area (Å²) in [5, 5.41) is 0. The molecule has 0 atom stereocenters. The Kier molecular flexibility index (Phi) is 4.51. The van der Waals surface area contributed by atoms with Crippen LogP contribution in [-0.4, -0.2) is 15.8 Å². The van der Waals surface area contributed by atoms with Crippen LogP contribution in [0.25, 0.3) is 0 Å². The van der Waals surface area contributed by atoms with Crippen LogP contribution >= 0.6 is 0 Å². The lowest BCUT2D eigenvalue weighted by Gasteiger charge is -2.31. The molecule has 3 heteroatoms. The number of Topliss-reactive ketones (excluding diaryl/α,β-unsaturated/α-hetero) is 1. The minimum Gasteiger partial charge on any atom is -0.294 e. The van der Waals surface area contributed by atoms with Gasteiger partial charge in [0, 0.05) is 6.20 Å². The van der Waals surface area contributed by atoms with Crippen LogP contribution < -0.4 is 0 Å².